The number of nitrogens with one attached hydrogen (secondary N) is 2. The summed E-state index contributed by atoms with van der Waals surface area (Å²) in [6.07, 6.45) is -1.06. The third-order valence-electron chi connectivity index (χ3n) is 3.79. The van der Waals surface area contributed by atoms with E-state index in [1.807, 2.05) is 6.07 Å². The molecule has 27 heavy (non-hydrogen) atoms. The highest BCUT2D eigenvalue weighted by molar-refractivity contribution is 5.96. The van der Waals surface area contributed by atoms with Crippen LogP contribution in [-0.4, -0.2) is 27.8 Å². The van der Waals surface area contributed by atoms with Crippen molar-refractivity contribution in [2.24, 2.45) is 0 Å². The summed E-state index contributed by atoms with van der Waals surface area (Å²) in [5, 5.41) is 5.32. The predicted molar refractivity (Wildman–Crippen MR) is 101 cm³/mol. The van der Waals surface area contributed by atoms with Crippen LogP contribution in [0.1, 0.15) is 17.3 Å². The van der Waals surface area contributed by atoms with Crippen molar-refractivity contribution in [2.75, 3.05) is 11.1 Å². The molecule has 138 valence electrons. The molecule has 2 aromatic carbocycles. The molecule has 1 atom stereocenters. The lowest BCUT2D eigenvalue weighted by atomic mass is 10.2. The fraction of sp³-hybridized carbons (Fsp3) is 0.105. The van der Waals surface area contributed by atoms with E-state index in [1.165, 1.54) is 29.8 Å². The van der Waals surface area contributed by atoms with Crippen LogP contribution < -0.4 is 16.6 Å². The van der Waals surface area contributed by atoms with Crippen molar-refractivity contribution in [1.82, 2.24) is 9.78 Å². The number of para-hydroxylation sites is 1. The van der Waals surface area contributed by atoms with Gasteiger partial charge in [-0.3, -0.25) is 14.7 Å². The van der Waals surface area contributed by atoms with Crippen LogP contribution in [0.25, 0.3) is 5.69 Å². The van der Waals surface area contributed by atoms with Crippen LogP contribution >= 0.6 is 0 Å². The normalized spacial score (nSPS) is 11.6. The highest BCUT2D eigenvalue weighted by Gasteiger charge is 2.20. The number of ether oxygens (including phenoxy) is 1. The molecule has 1 unspecified atom stereocenters. The van der Waals surface area contributed by atoms with Crippen LogP contribution in [0.4, 0.5) is 11.5 Å². The Hall–Kier alpha value is -3.81. The summed E-state index contributed by atoms with van der Waals surface area (Å²) in [7, 11) is 0. The molecule has 0 aliphatic rings. The van der Waals surface area contributed by atoms with E-state index in [1.54, 1.807) is 36.4 Å². The van der Waals surface area contributed by atoms with E-state index < -0.39 is 18.0 Å². The van der Waals surface area contributed by atoms with Crippen LogP contribution in [0.3, 0.4) is 0 Å². The molecule has 1 aromatic heterocycles. The molecule has 0 radical (unpaired) electrons. The number of aromatic nitrogens is 2. The molecule has 3 aromatic rings. The molecule has 0 bridgehead atoms. The van der Waals surface area contributed by atoms with Crippen LogP contribution in [-0.2, 0) is 9.53 Å². The van der Waals surface area contributed by atoms with Gasteiger partial charge in [-0.25, -0.2) is 9.48 Å². The van der Waals surface area contributed by atoms with Gasteiger partial charge in [-0.15, -0.1) is 0 Å². The molecule has 0 aliphatic carbocycles. The van der Waals surface area contributed by atoms with Crippen LogP contribution in [0, 0.1) is 0 Å². The zero-order valence-corrected chi connectivity index (χ0v) is 14.5. The Morgan fingerprint density at radius 3 is 2.44 bits per heavy atom. The Morgan fingerprint density at radius 2 is 1.78 bits per heavy atom. The van der Waals surface area contributed by atoms with Gasteiger partial charge in [0, 0.05) is 11.8 Å². The first-order valence-electron chi connectivity index (χ1n) is 8.19. The summed E-state index contributed by atoms with van der Waals surface area (Å²) >= 11 is 0. The van der Waals surface area contributed by atoms with Crippen molar-refractivity contribution in [3.8, 4) is 5.69 Å². The highest BCUT2D eigenvalue weighted by atomic mass is 16.5. The number of nitrogen functional groups attached to an aromatic ring is 1. The van der Waals surface area contributed by atoms with Gasteiger partial charge in [0.1, 0.15) is 5.82 Å². The number of H-pyrrole nitrogens is 1. The Balaban J connectivity index is 1.65. The number of benzene rings is 2. The summed E-state index contributed by atoms with van der Waals surface area (Å²) < 4.78 is 6.43. The van der Waals surface area contributed by atoms with Crippen molar-refractivity contribution in [3.05, 3.63) is 76.6 Å². The SMILES string of the molecule is CC(OC(=O)c1ccc(N)cc1)C(=O)Nc1cc(=O)n(-c2ccccc2)[nH]1. The van der Waals surface area contributed by atoms with Gasteiger partial charge in [0.25, 0.3) is 11.5 Å². The number of carbonyl (C=O) groups excluding carboxylic acids is 2. The van der Waals surface area contributed by atoms with Gasteiger partial charge in [-0.05, 0) is 43.3 Å². The maximum absolute atomic E-state index is 12.3. The molecule has 0 spiro atoms. The number of anilines is 2. The van der Waals surface area contributed by atoms with Gasteiger partial charge in [-0.1, -0.05) is 18.2 Å². The Kier molecular flexibility index (Phi) is 5.07. The molecular formula is C19H18N4O4. The summed E-state index contributed by atoms with van der Waals surface area (Å²) in [4.78, 5) is 36.4. The van der Waals surface area contributed by atoms with Gasteiger partial charge in [-0.2, -0.15) is 0 Å². The molecular weight excluding hydrogens is 348 g/mol. The lowest BCUT2D eigenvalue weighted by Gasteiger charge is -2.13. The summed E-state index contributed by atoms with van der Waals surface area (Å²) in [5.74, 6) is -1.02. The van der Waals surface area contributed by atoms with E-state index in [-0.39, 0.29) is 16.9 Å². The van der Waals surface area contributed by atoms with Gasteiger partial charge < -0.3 is 15.8 Å². The summed E-state index contributed by atoms with van der Waals surface area (Å²) in [6, 6.07) is 16.3. The Labute approximate surface area is 154 Å². The number of nitrogens with zero attached hydrogens (tertiary/aromatic N) is 1. The van der Waals surface area contributed by atoms with Crippen molar-refractivity contribution >= 4 is 23.4 Å². The average Bonchev–Trinajstić information content (AvgIpc) is 3.03. The average molecular weight is 366 g/mol. The van der Waals surface area contributed by atoms with Crippen molar-refractivity contribution in [1.29, 1.82) is 0 Å². The quantitative estimate of drug-likeness (QED) is 0.471. The number of amides is 1. The van der Waals surface area contributed by atoms with Crippen LogP contribution in [0.2, 0.25) is 0 Å². The smallest absolute Gasteiger partial charge is 0.338 e. The largest absolute Gasteiger partial charge is 0.449 e. The van der Waals surface area contributed by atoms with E-state index in [9.17, 15) is 14.4 Å². The van der Waals surface area contributed by atoms with E-state index in [4.69, 9.17) is 10.5 Å². The van der Waals surface area contributed by atoms with Crippen molar-refractivity contribution in [3.63, 3.8) is 0 Å². The first kappa shape index (κ1) is 18.0. The second-order valence-electron chi connectivity index (χ2n) is 5.84. The number of nitrogens with two attached hydrogens (primary N) is 1. The molecule has 0 saturated carbocycles. The molecule has 0 aliphatic heterocycles. The van der Waals surface area contributed by atoms with Crippen LogP contribution in [0.5, 0.6) is 0 Å². The molecule has 4 N–H and O–H groups in total. The molecule has 0 fully saturated rings. The second kappa shape index (κ2) is 7.61. The van der Waals surface area contributed by atoms with Gasteiger partial charge >= 0.3 is 5.97 Å². The molecule has 8 heteroatoms. The van der Waals surface area contributed by atoms with E-state index in [0.717, 1.165) is 0 Å². The van der Waals surface area contributed by atoms with Gasteiger partial charge in [0.15, 0.2) is 6.10 Å². The zero-order chi connectivity index (χ0) is 19.4. The number of hydrogen-bond acceptors (Lipinski definition) is 5. The van der Waals surface area contributed by atoms with Crippen molar-refractivity contribution in [2.45, 2.75) is 13.0 Å². The molecule has 8 nitrogen and oxygen atoms in total. The number of rotatable bonds is 5. The Morgan fingerprint density at radius 1 is 1.11 bits per heavy atom. The maximum atomic E-state index is 12.3. The molecule has 0 saturated heterocycles. The Bertz CT molecular complexity index is 1010. The number of aromatic amines is 1. The third-order valence-corrected chi connectivity index (χ3v) is 3.79. The number of carbonyl (C=O) groups is 2. The topological polar surface area (TPSA) is 119 Å². The summed E-state index contributed by atoms with van der Waals surface area (Å²) in [5.41, 5.74) is 6.67. The van der Waals surface area contributed by atoms with E-state index in [0.29, 0.717) is 11.4 Å². The fourth-order valence-corrected chi connectivity index (χ4v) is 2.36. The standard InChI is InChI=1S/C19H18N4O4/c1-12(27-19(26)13-7-9-14(20)10-8-13)18(25)21-16-11-17(24)23(22-16)15-5-3-2-4-6-15/h2-12,22H,20H2,1H3,(H,21,25). The zero-order valence-electron chi connectivity index (χ0n) is 14.5. The highest BCUT2D eigenvalue weighted by Crippen LogP contribution is 2.10. The van der Waals surface area contributed by atoms with E-state index >= 15 is 0 Å². The lowest BCUT2D eigenvalue weighted by molar-refractivity contribution is -0.123. The number of hydrogen-bond donors (Lipinski definition) is 3. The second-order valence-corrected chi connectivity index (χ2v) is 5.84. The monoisotopic (exact) mass is 366 g/mol. The minimum atomic E-state index is -1.06. The maximum Gasteiger partial charge on any atom is 0.338 e. The van der Waals surface area contributed by atoms with Crippen molar-refractivity contribution < 1.29 is 14.3 Å². The third kappa shape index (κ3) is 4.24. The van der Waals surface area contributed by atoms with Gasteiger partial charge in [0.2, 0.25) is 0 Å². The first-order chi connectivity index (χ1) is 12.9. The lowest BCUT2D eigenvalue weighted by Crippen LogP contribution is -2.30. The minimum Gasteiger partial charge on any atom is -0.449 e. The van der Waals surface area contributed by atoms with E-state index in [2.05, 4.69) is 10.4 Å². The molecule has 3 rings (SSSR count). The number of esters is 1. The fourth-order valence-electron chi connectivity index (χ4n) is 2.36. The molecule has 1 amide bonds. The predicted octanol–water partition coefficient (Wildman–Crippen LogP) is 1.93. The summed E-state index contributed by atoms with van der Waals surface area (Å²) in [6.45, 7) is 1.44. The molecule has 1 heterocycles. The minimum absolute atomic E-state index is 0.198. The first-order valence-corrected chi connectivity index (χ1v) is 8.19. The van der Waals surface area contributed by atoms with Crippen LogP contribution in [0.15, 0.2) is 65.5 Å². The van der Waals surface area contributed by atoms with Gasteiger partial charge in [0.05, 0.1) is 11.3 Å².